The smallest absolute Gasteiger partial charge is 0.229 e. The van der Waals surface area contributed by atoms with Crippen LogP contribution in [0.2, 0.25) is 5.15 Å². The van der Waals surface area contributed by atoms with Crippen LogP contribution in [0.5, 0.6) is 0 Å². The molecule has 1 aromatic carbocycles. The van der Waals surface area contributed by atoms with Gasteiger partial charge in [-0.25, -0.2) is 9.97 Å². The second-order valence-electron chi connectivity index (χ2n) is 7.23. The Morgan fingerprint density at radius 2 is 2.00 bits per heavy atom. The zero-order valence-corrected chi connectivity index (χ0v) is 15.8. The zero-order valence-electron chi connectivity index (χ0n) is 15.0. The monoisotopic (exact) mass is 384 g/mol. The van der Waals surface area contributed by atoms with Crippen LogP contribution in [0.1, 0.15) is 44.2 Å². The average molecular weight is 385 g/mol. The topological polar surface area (TPSA) is 80.0 Å². The Hall–Kier alpha value is -2.44. The van der Waals surface area contributed by atoms with E-state index in [0.717, 1.165) is 19.3 Å². The third-order valence-corrected chi connectivity index (χ3v) is 5.31. The van der Waals surface area contributed by atoms with Crippen molar-refractivity contribution in [1.82, 2.24) is 14.5 Å². The molecule has 0 bridgehead atoms. The summed E-state index contributed by atoms with van der Waals surface area (Å²) in [6.45, 7) is 1.64. The number of imidazole rings is 1. The van der Waals surface area contributed by atoms with Crippen LogP contribution in [0.15, 0.2) is 42.5 Å². The molecule has 1 saturated carbocycles. The third kappa shape index (κ3) is 3.55. The number of hydrogen-bond acceptors (Lipinski definition) is 4. The predicted octanol–water partition coefficient (Wildman–Crippen LogP) is 4.05. The highest BCUT2D eigenvalue weighted by Gasteiger charge is 2.29. The molecule has 1 aliphatic rings. The van der Waals surface area contributed by atoms with E-state index in [4.69, 9.17) is 11.6 Å². The van der Waals surface area contributed by atoms with Crippen molar-refractivity contribution in [1.29, 1.82) is 0 Å². The van der Waals surface area contributed by atoms with Gasteiger partial charge >= 0.3 is 0 Å². The molecule has 1 aliphatic carbocycles. The number of benzene rings is 1. The number of halogens is 1. The Morgan fingerprint density at radius 3 is 2.67 bits per heavy atom. The van der Waals surface area contributed by atoms with Crippen molar-refractivity contribution < 1.29 is 9.90 Å². The highest BCUT2D eigenvalue weighted by Crippen LogP contribution is 2.37. The number of carbonyl (C=O) groups excluding carboxylic acids is 1. The number of amides is 1. The van der Waals surface area contributed by atoms with Gasteiger partial charge in [0.1, 0.15) is 10.7 Å². The molecule has 0 spiro atoms. The summed E-state index contributed by atoms with van der Waals surface area (Å²) in [6.07, 6.45) is 3.11. The largest absolute Gasteiger partial charge is 0.385 e. The lowest BCUT2D eigenvalue weighted by Crippen LogP contribution is -2.30. The molecule has 1 fully saturated rings. The van der Waals surface area contributed by atoms with Gasteiger partial charge in [-0.05, 0) is 43.9 Å². The molecule has 0 unspecified atom stereocenters. The van der Waals surface area contributed by atoms with E-state index in [1.807, 2.05) is 34.9 Å². The van der Waals surface area contributed by atoms with Crippen molar-refractivity contribution in [2.75, 3.05) is 5.32 Å². The van der Waals surface area contributed by atoms with Gasteiger partial charge in [-0.1, -0.05) is 41.9 Å². The van der Waals surface area contributed by atoms with E-state index >= 15 is 0 Å². The summed E-state index contributed by atoms with van der Waals surface area (Å²) in [5.41, 5.74) is 0.801. The van der Waals surface area contributed by atoms with E-state index in [2.05, 4.69) is 15.3 Å². The number of aromatic nitrogens is 3. The molecule has 1 atom stereocenters. The van der Waals surface area contributed by atoms with Crippen molar-refractivity contribution in [2.45, 2.75) is 44.2 Å². The summed E-state index contributed by atoms with van der Waals surface area (Å²) in [7, 11) is 0. The molecular formula is C20H21ClN4O2. The second kappa shape index (κ2) is 6.94. The maximum absolute atomic E-state index is 12.7. The zero-order chi connectivity index (χ0) is 19.0. The molecule has 0 radical (unpaired) electrons. The highest BCUT2D eigenvalue weighted by atomic mass is 35.5. The van der Waals surface area contributed by atoms with Gasteiger partial charge < -0.3 is 5.11 Å². The molecule has 140 valence electrons. The van der Waals surface area contributed by atoms with Crippen molar-refractivity contribution in [2.24, 2.45) is 0 Å². The molecule has 3 aromatic rings. The molecule has 2 N–H and O–H groups in total. The van der Waals surface area contributed by atoms with E-state index in [-0.39, 0.29) is 18.4 Å². The molecule has 1 amide bonds. The number of aliphatic hydroxyl groups is 1. The number of nitrogens with zero attached hydrogens (tertiary/aromatic N) is 3. The van der Waals surface area contributed by atoms with Crippen LogP contribution in [0, 0.1) is 0 Å². The van der Waals surface area contributed by atoms with Gasteiger partial charge in [0.25, 0.3) is 0 Å². The van der Waals surface area contributed by atoms with E-state index in [0.29, 0.717) is 27.8 Å². The van der Waals surface area contributed by atoms with Crippen molar-refractivity contribution in [3.8, 4) is 0 Å². The van der Waals surface area contributed by atoms with Crippen LogP contribution in [-0.4, -0.2) is 25.5 Å². The van der Waals surface area contributed by atoms with Crippen LogP contribution < -0.4 is 5.32 Å². The van der Waals surface area contributed by atoms with E-state index in [1.54, 1.807) is 19.1 Å². The lowest BCUT2D eigenvalue weighted by molar-refractivity contribution is -0.120. The average Bonchev–Trinajstić information content (AvgIpc) is 2.91. The fourth-order valence-electron chi connectivity index (χ4n) is 3.41. The summed E-state index contributed by atoms with van der Waals surface area (Å²) in [5, 5.41) is 14.0. The van der Waals surface area contributed by atoms with Gasteiger partial charge in [0.15, 0.2) is 5.65 Å². The number of fused-ring (bicyclic) bond motifs is 1. The summed E-state index contributed by atoms with van der Waals surface area (Å²) >= 11 is 6.05. The number of anilines is 1. The Balaban J connectivity index is 1.60. The van der Waals surface area contributed by atoms with E-state index in [9.17, 15) is 9.90 Å². The van der Waals surface area contributed by atoms with Crippen molar-refractivity contribution in [3.05, 3.63) is 53.2 Å². The Bertz CT molecular complexity index is 980. The molecular weight excluding hydrogens is 364 g/mol. The SMILES string of the molecule is C[C@](O)(CC(=O)Nc1nc2ccc(Cl)nc2n1C1CCC1)c1ccccc1. The first kappa shape index (κ1) is 17.9. The predicted molar refractivity (Wildman–Crippen MR) is 105 cm³/mol. The van der Waals surface area contributed by atoms with E-state index in [1.165, 1.54) is 0 Å². The molecule has 2 heterocycles. The molecule has 6 nitrogen and oxygen atoms in total. The minimum Gasteiger partial charge on any atom is -0.385 e. The standard InChI is InChI=1S/C20H21ClN4O2/c1-20(27,13-6-3-2-4-7-13)12-17(26)24-19-22-15-10-11-16(21)23-18(15)25(19)14-8-5-9-14/h2-4,6-7,10-11,14,27H,5,8-9,12H2,1H3,(H,22,24,26)/t20-/m0/s1. The van der Waals surface area contributed by atoms with Crippen LogP contribution >= 0.6 is 11.6 Å². The minimum absolute atomic E-state index is 0.0704. The van der Waals surface area contributed by atoms with Crippen LogP contribution in [0.3, 0.4) is 0 Å². The maximum atomic E-state index is 12.7. The molecule has 27 heavy (non-hydrogen) atoms. The Kier molecular flexibility index (Phi) is 4.61. The van der Waals surface area contributed by atoms with Crippen LogP contribution in [-0.2, 0) is 10.4 Å². The summed E-state index contributed by atoms with van der Waals surface area (Å²) < 4.78 is 1.96. The van der Waals surface area contributed by atoms with Crippen LogP contribution in [0.25, 0.3) is 11.2 Å². The van der Waals surface area contributed by atoms with Crippen molar-refractivity contribution >= 4 is 34.6 Å². The lowest BCUT2D eigenvalue weighted by atomic mass is 9.92. The number of rotatable bonds is 5. The molecule has 4 rings (SSSR count). The number of carbonyl (C=O) groups is 1. The fraction of sp³-hybridized carbons (Fsp3) is 0.350. The summed E-state index contributed by atoms with van der Waals surface area (Å²) in [4.78, 5) is 21.6. The first-order valence-corrected chi connectivity index (χ1v) is 9.44. The van der Waals surface area contributed by atoms with E-state index < -0.39 is 5.60 Å². The quantitative estimate of drug-likeness (QED) is 0.650. The second-order valence-corrected chi connectivity index (χ2v) is 7.62. The first-order chi connectivity index (χ1) is 12.9. The van der Waals surface area contributed by atoms with Gasteiger partial charge in [0, 0.05) is 6.04 Å². The third-order valence-electron chi connectivity index (χ3n) is 5.09. The maximum Gasteiger partial charge on any atom is 0.229 e. The number of pyridine rings is 1. The normalized spacial score (nSPS) is 16.7. The van der Waals surface area contributed by atoms with Gasteiger partial charge in [0.05, 0.1) is 12.0 Å². The first-order valence-electron chi connectivity index (χ1n) is 9.06. The Morgan fingerprint density at radius 1 is 1.26 bits per heavy atom. The van der Waals surface area contributed by atoms with Gasteiger partial charge in [-0.2, -0.15) is 0 Å². The molecule has 2 aromatic heterocycles. The lowest BCUT2D eigenvalue weighted by Gasteiger charge is -2.29. The summed E-state index contributed by atoms with van der Waals surface area (Å²) in [5.74, 6) is 0.157. The van der Waals surface area contributed by atoms with Gasteiger partial charge in [-0.3, -0.25) is 14.7 Å². The van der Waals surface area contributed by atoms with Crippen LogP contribution in [0.4, 0.5) is 5.95 Å². The Labute approximate surface area is 162 Å². The number of nitrogens with one attached hydrogen (secondary N) is 1. The molecule has 0 aliphatic heterocycles. The number of hydrogen-bond donors (Lipinski definition) is 2. The highest BCUT2D eigenvalue weighted by molar-refractivity contribution is 6.29. The fourth-order valence-corrected chi connectivity index (χ4v) is 3.55. The molecule has 0 saturated heterocycles. The van der Waals surface area contributed by atoms with Gasteiger partial charge in [-0.15, -0.1) is 0 Å². The summed E-state index contributed by atoms with van der Waals surface area (Å²) in [6, 6.07) is 12.9. The minimum atomic E-state index is -1.26. The van der Waals surface area contributed by atoms with Crippen molar-refractivity contribution in [3.63, 3.8) is 0 Å². The van der Waals surface area contributed by atoms with Gasteiger partial charge in [0.2, 0.25) is 11.9 Å². The molecule has 7 heteroatoms.